The van der Waals surface area contributed by atoms with Gasteiger partial charge in [-0.2, -0.15) is 0 Å². The fourth-order valence-electron chi connectivity index (χ4n) is 1.08. The van der Waals surface area contributed by atoms with Crippen LogP contribution in [-0.4, -0.2) is 12.1 Å². The van der Waals surface area contributed by atoms with E-state index in [0.717, 1.165) is 0 Å². The smallest absolute Gasteiger partial charge is 0.340 e. The summed E-state index contributed by atoms with van der Waals surface area (Å²) in [5, 5.41) is 0. The lowest BCUT2D eigenvalue weighted by Crippen LogP contribution is -2.21. The van der Waals surface area contributed by atoms with Gasteiger partial charge in [0, 0.05) is 4.47 Å². The van der Waals surface area contributed by atoms with Crippen molar-refractivity contribution in [2.24, 2.45) is 5.92 Å². The molecular formula is C12H16BrNO2. The summed E-state index contributed by atoms with van der Waals surface area (Å²) in [6, 6.07) is 5.21. The first-order valence-corrected chi connectivity index (χ1v) is 5.97. The third-order valence-electron chi connectivity index (χ3n) is 2.50. The van der Waals surface area contributed by atoms with Gasteiger partial charge in [-0.1, -0.05) is 19.9 Å². The van der Waals surface area contributed by atoms with Crippen molar-refractivity contribution in [1.29, 1.82) is 0 Å². The highest BCUT2D eigenvalue weighted by Crippen LogP contribution is 2.24. The Balaban J connectivity index is 2.85. The van der Waals surface area contributed by atoms with Gasteiger partial charge in [0.25, 0.3) is 0 Å². The molecule has 0 heterocycles. The molecule has 0 amide bonds. The number of ether oxygens (including phenoxy) is 1. The van der Waals surface area contributed by atoms with Crippen LogP contribution in [0, 0.1) is 5.92 Å². The van der Waals surface area contributed by atoms with E-state index in [1.807, 2.05) is 20.8 Å². The van der Waals surface area contributed by atoms with Crippen molar-refractivity contribution < 1.29 is 9.53 Å². The molecule has 0 aliphatic rings. The van der Waals surface area contributed by atoms with E-state index in [9.17, 15) is 4.79 Å². The number of carbonyl (C=O) groups is 1. The standard InChI is InChI=1S/C12H16BrNO2/c1-7(2)8(3)16-12(15)9-5-4-6-10(13)11(9)14/h4-8H,14H2,1-3H3. The summed E-state index contributed by atoms with van der Waals surface area (Å²) in [6.07, 6.45) is -0.120. The van der Waals surface area contributed by atoms with Crippen molar-refractivity contribution >= 4 is 27.6 Å². The van der Waals surface area contributed by atoms with Gasteiger partial charge in [-0.3, -0.25) is 0 Å². The first kappa shape index (κ1) is 13.0. The van der Waals surface area contributed by atoms with Crippen LogP contribution in [0.2, 0.25) is 0 Å². The topological polar surface area (TPSA) is 52.3 Å². The Hall–Kier alpha value is -1.03. The van der Waals surface area contributed by atoms with Gasteiger partial charge in [0.2, 0.25) is 0 Å². The molecule has 0 bridgehead atoms. The number of rotatable bonds is 3. The van der Waals surface area contributed by atoms with Gasteiger partial charge < -0.3 is 10.5 Å². The van der Waals surface area contributed by atoms with Crippen LogP contribution < -0.4 is 5.73 Å². The Bertz CT molecular complexity index is 391. The quantitative estimate of drug-likeness (QED) is 0.685. The second-order valence-electron chi connectivity index (χ2n) is 4.06. The normalized spacial score (nSPS) is 12.6. The van der Waals surface area contributed by atoms with Crippen molar-refractivity contribution in [1.82, 2.24) is 0 Å². The molecule has 2 N–H and O–H groups in total. The maximum atomic E-state index is 11.8. The summed E-state index contributed by atoms with van der Waals surface area (Å²) in [5.41, 5.74) is 6.61. The number of nitrogen functional groups attached to an aromatic ring is 1. The van der Waals surface area contributed by atoms with Crippen LogP contribution in [0.3, 0.4) is 0 Å². The molecule has 0 spiro atoms. The third kappa shape index (κ3) is 2.98. The average Bonchev–Trinajstić information content (AvgIpc) is 2.21. The maximum absolute atomic E-state index is 11.8. The van der Waals surface area contributed by atoms with Gasteiger partial charge >= 0.3 is 5.97 Å². The largest absolute Gasteiger partial charge is 0.459 e. The number of hydrogen-bond acceptors (Lipinski definition) is 3. The van der Waals surface area contributed by atoms with E-state index in [1.54, 1.807) is 18.2 Å². The lowest BCUT2D eigenvalue weighted by Gasteiger charge is -2.17. The van der Waals surface area contributed by atoms with E-state index in [1.165, 1.54) is 0 Å². The molecule has 0 radical (unpaired) electrons. The fraction of sp³-hybridized carbons (Fsp3) is 0.417. The van der Waals surface area contributed by atoms with Crippen molar-refractivity contribution in [2.45, 2.75) is 26.9 Å². The Morgan fingerprint density at radius 2 is 2.00 bits per heavy atom. The fourth-order valence-corrected chi connectivity index (χ4v) is 1.45. The minimum atomic E-state index is -0.375. The van der Waals surface area contributed by atoms with E-state index in [4.69, 9.17) is 10.5 Å². The molecule has 0 aliphatic heterocycles. The summed E-state index contributed by atoms with van der Waals surface area (Å²) < 4.78 is 6.00. The molecule has 0 fully saturated rings. The predicted molar refractivity (Wildman–Crippen MR) is 68.3 cm³/mol. The van der Waals surface area contributed by atoms with Gasteiger partial charge in [-0.25, -0.2) is 4.79 Å². The van der Waals surface area contributed by atoms with Crippen LogP contribution in [0.4, 0.5) is 5.69 Å². The molecule has 0 aliphatic carbocycles. The van der Waals surface area contributed by atoms with Crippen LogP contribution >= 0.6 is 15.9 Å². The number of nitrogens with two attached hydrogens (primary N) is 1. The zero-order chi connectivity index (χ0) is 12.3. The van der Waals surface area contributed by atoms with E-state index in [2.05, 4.69) is 15.9 Å². The molecule has 1 unspecified atom stereocenters. The second-order valence-corrected chi connectivity index (χ2v) is 4.91. The van der Waals surface area contributed by atoms with E-state index < -0.39 is 0 Å². The van der Waals surface area contributed by atoms with Crippen LogP contribution in [0.5, 0.6) is 0 Å². The number of hydrogen-bond donors (Lipinski definition) is 1. The molecule has 1 rings (SSSR count). The Kier molecular flexibility index (Phi) is 4.35. The number of halogens is 1. The Morgan fingerprint density at radius 3 is 2.56 bits per heavy atom. The monoisotopic (exact) mass is 285 g/mol. The first-order chi connectivity index (χ1) is 7.43. The molecule has 3 nitrogen and oxygen atoms in total. The molecule has 1 atom stereocenters. The minimum absolute atomic E-state index is 0.120. The molecular weight excluding hydrogens is 270 g/mol. The minimum Gasteiger partial charge on any atom is -0.459 e. The molecule has 0 aromatic heterocycles. The summed E-state index contributed by atoms with van der Waals surface area (Å²) in [5.74, 6) is -0.0858. The van der Waals surface area contributed by atoms with Gasteiger partial charge in [-0.05, 0) is 40.9 Å². The number of anilines is 1. The van der Waals surface area contributed by atoms with Gasteiger partial charge in [0.1, 0.15) is 6.10 Å². The van der Waals surface area contributed by atoms with Gasteiger partial charge in [-0.15, -0.1) is 0 Å². The van der Waals surface area contributed by atoms with Gasteiger partial charge in [0.05, 0.1) is 11.3 Å². The van der Waals surface area contributed by atoms with Crippen molar-refractivity contribution in [3.05, 3.63) is 28.2 Å². The highest BCUT2D eigenvalue weighted by atomic mass is 79.9. The van der Waals surface area contributed by atoms with Crippen LogP contribution in [0.15, 0.2) is 22.7 Å². The molecule has 1 aromatic rings. The zero-order valence-corrected chi connectivity index (χ0v) is 11.2. The number of para-hydroxylation sites is 1. The first-order valence-electron chi connectivity index (χ1n) is 5.18. The molecule has 88 valence electrons. The molecule has 1 aromatic carbocycles. The summed E-state index contributed by atoms with van der Waals surface area (Å²) in [4.78, 5) is 11.8. The van der Waals surface area contributed by atoms with E-state index in [0.29, 0.717) is 15.7 Å². The molecule has 0 saturated heterocycles. The zero-order valence-electron chi connectivity index (χ0n) is 9.66. The lowest BCUT2D eigenvalue weighted by molar-refractivity contribution is 0.0239. The molecule has 4 heteroatoms. The van der Waals surface area contributed by atoms with Crippen molar-refractivity contribution in [2.75, 3.05) is 5.73 Å². The maximum Gasteiger partial charge on any atom is 0.340 e. The van der Waals surface area contributed by atoms with E-state index in [-0.39, 0.29) is 18.0 Å². The average molecular weight is 286 g/mol. The van der Waals surface area contributed by atoms with Crippen molar-refractivity contribution in [3.8, 4) is 0 Å². The van der Waals surface area contributed by atoms with Gasteiger partial charge in [0.15, 0.2) is 0 Å². The number of carbonyl (C=O) groups excluding carboxylic acids is 1. The highest BCUT2D eigenvalue weighted by Gasteiger charge is 2.17. The SMILES string of the molecule is CC(C)C(C)OC(=O)c1cccc(Br)c1N. The Morgan fingerprint density at radius 1 is 1.38 bits per heavy atom. The molecule has 0 saturated carbocycles. The lowest BCUT2D eigenvalue weighted by atomic mass is 10.1. The number of esters is 1. The summed E-state index contributed by atoms with van der Waals surface area (Å²) in [6.45, 7) is 5.88. The summed E-state index contributed by atoms with van der Waals surface area (Å²) >= 11 is 3.28. The predicted octanol–water partition coefficient (Wildman–Crippen LogP) is 3.23. The third-order valence-corrected chi connectivity index (χ3v) is 3.20. The highest BCUT2D eigenvalue weighted by molar-refractivity contribution is 9.10. The summed E-state index contributed by atoms with van der Waals surface area (Å²) in [7, 11) is 0. The van der Waals surface area contributed by atoms with Crippen LogP contribution in [0.1, 0.15) is 31.1 Å². The van der Waals surface area contributed by atoms with Crippen molar-refractivity contribution in [3.63, 3.8) is 0 Å². The second kappa shape index (κ2) is 5.34. The van der Waals surface area contributed by atoms with Crippen LogP contribution in [-0.2, 0) is 4.74 Å². The van der Waals surface area contributed by atoms with E-state index >= 15 is 0 Å². The molecule has 16 heavy (non-hydrogen) atoms. The Labute approximate surface area is 104 Å². The van der Waals surface area contributed by atoms with Crippen LogP contribution in [0.25, 0.3) is 0 Å². The number of benzene rings is 1.